The molecule has 31 heavy (non-hydrogen) atoms. The zero-order chi connectivity index (χ0) is 22.8. The van der Waals surface area contributed by atoms with Crippen LogP contribution >= 0.6 is 11.3 Å². The van der Waals surface area contributed by atoms with Crippen molar-refractivity contribution in [2.75, 3.05) is 4.90 Å². The molecule has 1 N–H and O–H groups in total. The standard InChI is InChI=1S/C26H37NO3S/c1-17(2)15-19-11-12-21(18-9-7-6-8-10-18)27(24(19)28)22-16-20(13-14-26(3,4)5)31-23(22)25(29)30/h16-19,21H,6-12,15H2,1-5H3,(H,29,30)/t19-,21+/m1/s1. The summed E-state index contributed by atoms with van der Waals surface area (Å²) in [7, 11) is 0. The third-order valence-corrected chi connectivity index (χ3v) is 7.43. The summed E-state index contributed by atoms with van der Waals surface area (Å²) in [6, 6.07) is 1.96. The maximum absolute atomic E-state index is 13.7. The lowest BCUT2D eigenvalue weighted by Crippen LogP contribution is -2.52. The van der Waals surface area contributed by atoms with E-state index in [1.807, 2.05) is 31.7 Å². The highest BCUT2D eigenvalue weighted by Crippen LogP contribution is 2.42. The number of nitrogens with zero attached hydrogens (tertiary/aromatic N) is 1. The first kappa shape index (κ1) is 23.9. The summed E-state index contributed by atoms with van der Waals surface area (Å²) >= 11 is 1.20. The quantitative estimate of drug-likeness (QED) is 0.523. The first-order chi connectivity index (χ1) is 14.6. The van der Waals surface area contributed by atoms with E-state index in [0.29, 0.717) is 17.5 Å². The van der Waals surface area contributed by atoms with Gasteiger partial charge in [-0.1, -0.05) is 45.0 Å². The topological polar surface area (TPSA) is 57.6 Å². The van der Waals surface area contributed by atoms with E-state index in [1.54, 1.807) is 0 Å². The van der Waals surface area contributed by atoms with Crippen LogP contribution in [-0.2, 0) is 4.79 Å². The van der Waals surface area contributed by atoms with E-state index >= 15 is 0 Å². The van der Waals surface area contributed by atoms with E-state index < -0.39 is 5.97 Å². The van der Waals surface area contributed by atoms with Gasteiger partial charge in [0.15, 0.2) is 0 Å². The van der Waals surface area contributed by atoms with Crippen molar-refractivity contribution in [3.8, 4) is 11.8 Å². The molecule has 1 aromatic rings. The number of carboxylic acids is 1. The van der Waals surface area contributed by atoms with Crippen LogP contribution in [0.4, 0.5) is 5.69 Å². The van der Waals surface area contributed by atoms with Gasteiger partial charge in [0.05, 0.1) is 10.6 Å². The molecule has 2 atom stereocenters. The van der Waals surface area contributed by atoms with Crippen LogP contribution in [0.3, 0.4) is 0 Å². The Morgan fingerprint density at radius 3 is 2.45 bits per heavy atom. The van der Waals surface area contributed by atoms with Crippen LogP contribution in [0.2, 0.25) is 0 Å². The van der Waals surface area contributed by atoms with Gasteiger partial charge in [0.25, 0.3) is 0 Å². The lowest BCUT2D eigenvalue weighted by molar-refractivity contribution is -0.125. The SMILES string of the molecule is CC(C)C[C@H]1CC[C@@H](C2CCCCC2)N(c2cc(C#CC(C)(C)C)sc2C(=O)O)C1=O. The number of piperidine rings is 1. The number of carbonyl (C=O) groups is 2. The normalized spacial score (nSPS) is 23.0. The van der Waals surface area contributed by atoms with Gasteiger partial charge in [-0.05, 0) is 70.8 Å². The molecule has 2 fully saturated rings. The summed E-state index contributed by atoms with van der Waals surface area (Å²) in [5, 5.41) is 9.96. The van der Waals surface area contributed by atoms with Crippen molar-refractivity contribution in [3.05, 3.63) is 15.8 Å². The highest BCUT2D eigenvalue weighted by Gasteiger charge is 2.42. The van der Waals surface area contributed by atoms with Crippen LogP contribution in [0, 0.1) is 35.0 Å². The van der Waals surface area contributed by atoms with Crippen molar-refractivity contribution >= 4 is 28.9 Å². The molecule has 1 saturated carbocycles. The monoisotopic (exact) mass is 443 g/mol. The molecule has 0 bridgehead atoms. The van der Waals surface area contributed by atoms with E-state index in [0.717, 1.165) is 37.0 Å². The number of anilines is 1. The van der Waals surface area contributed by atoms with Gasteiger partial charge >= 0.3 is 5.97 Å². The molecule has 1 aliphatic heterocycles. The molecule has 0 unspecified atom stereocenters. The Kier molecular flexibility index (Phi) is 7.52. The third kappa shape index (κ3) is 5.92. The zero-order valence-corrected chi connectivity index (χ0v) is 20.5. The minimum absolute atomic E-state index is 0.0227. The fraction of sp³-hybridized carbons (Fsp3) is 0.692. The molecule has 5 heteroatoms. The van der Waals surface area contributed by atoms with E-state index in [-0.39, 0.29) is 28.2 Å². The Bertz CT molecular complexity index is 861. The molecular weight excluding hydrogens is 406 g/mol. The van der Waals surface area contributed by atoms with Crippen molar-refractivity contribution in [3.63, 3.8) is 0 Å². The van der Waals surface area contributed by atoms with Crippen molar-refractivity contribution < 1.29 is 14.7 Å². The molecule has 1 aromatic heterocycles. The smallest absolute Gasteiger partial charge is 0.348 e. The van der Waals surface area contributed by atoms with Gasteiger partial charge in [0.2, 0.25) is 5.91 Å². The van der Waals surface area contributed by atoms with Crippen LogP contribution < -0.4 is 4.90 Å². The minimum atomic E-state index is -0.968. The molecule has 4 nitrogen and oxygen atoms in total. The predicted octanol–water partition coefficient (Wildman–Crippen LogP) is 6.58. The predicted molar refractivity (Wildman–Crippen MR) is 128 cm³/mol. The molecule has 3 rings (SSSR count). The summed E-state index contributed by atoms with van der Waals surface area (Å²) < 4.78 is 0. The Balaban J connectivity index is 2.03. The van der Waals surface area contributed by atoms with Crippen LogP contribution in [-0.4, -0.2) is 23.0 Å². The second kappa shape index (κ2) is 9.77. The highest BCUT2D eigenvalue weighted by molar-refractivity contribution is 7.15. The molecule has 1 amide bonds. The molecule has 0 aromatic carbocycles. The third-order valence-electron chi connectivity index (χ3n) is 6.41. The Hall–Kier alpha value is -1.80. The fourth-order valence-corrected chi connectivity index (χ4v) is 5.90. The number of carboxylic acid groups (broad SMARTS) is 1. The molecule has 170 valence electrons. The summed E-state index contributed by atoms with van der Waals surface area (Å²) in [4.78, 5) is 28.7. The van der Waals surface area contributed by atoms with Crippen LogP contribution in [0.15, 0.2) is 6.07 Å². The number of carbonyl (C=O) groups excluding carboxylic acids is 1. The van der Waals surface area contributed by atoms with Gasteiger partial charge in [0, 0.05) is 17.4 Å². The van der Waals surface area contributed by atoms with Gasteiger partial charge in [-0.3, -0.25) is 4.79 Å². The Morgan fingerprint density at radius 1 is 1.19 bits per heavy atom. The average Bonchev–Trinajstić information content (AvgIpc) is 3.12. The molecule has 1 aliphatic carbocycles. The lowest BCUT2D eigenvalue weighted by Gasteiger charge is -2.44. The van der Waals surface area contributed by atoms with Crippen molar-refractivity contribution in [2.24, 2.45) is 23.2 Å². The van der Waals surface area contributed by atoms with E-state index in [4.69, 9.17) is 0 Å². The summed E-state index contributed by atoms with van der Waals surface area (Å²) in [6.45, 7) is 10.4. The second-order valence-electron chi connectivity index (χ2n) is 10.7. The van der Waals surface area contributed by atoms with Gasteiger partial charge in [-0.15, -0.1) is 11.3 Å². The molecule has 2 heterocycles. The molecule has 1 saturated heterocycles. The van der Waals surface area contributed by atoms with Gasteiger partial charge in [-0.2, -0.15) is 0 Å². The summed E-state index contributed by atoms with van der Waals surface area (Å²) in [5.41, 5.74) is 0.409. The van der Waals surface area contributed by atoms with Crippen molar-refractivity contribution in [1.29, 1.82) is 0 Å². The van der Waals surface area contributed by atoms with Gasteiger partial charge in [0.1, 0.15) is 4.88 Å². The van der Waals surface area contributed by atoms with Crippen LogP contribution in [0.25, 0.3) is 0 Å². The number of aromatic carboxylic acids is 1. The van der Waals surface area contributed by atoms with E-state index in [9.17, 15) is 14.7 Å². The van der Waals surface area contributed by atoms with E-state index in [1.165, 1.54) is 30.6 Å². The zero-order valence-electron chi connectivity index (χ0n) is 19.7. The second-order valence-corrected chi connectivity index (χ2v) is 11.8. The number of hydrogen-bond donors (Lipinski definition) is 1. The summed E-state index contributed by atoms with van der Waals surface area (Å²) in [6.07, 6.45) is 8.67. The number of rotatable bonds is 5. The Labute approximate surface area is 191 Å². The van der Waals surface area contributed by atoms with Gasteiger partial charge in [-0.25, -0.2) is 4.79 Å². The highest BCUT2D eigenvalue weighted by atomic mass is 32.1. The molecule has 2 aliphatic rings. The van der Waals surface area contributed by atoms with Crippen molar-refractivity contribution in [1.82, 2.24) is 0 Å². The van der Waals surface area contributed by atoms with E-state index in [2.05, 4.69) is 25.7 Å². The maximum Gasteiger partial charge on any atom is 0.348 e. The number of amides is 1. The first-order valence-corrected chi connectivity index (χ1v) is 12.6. The van der Waals surface area contributed by atoms with Crippen LogP contribution in [0.1, 0.15) is 101 Å². The Morgan fingerprint density at radius 2 is 1.87 bits per heavy atom. The lowest BCUT2D eigenvalue weighted by atomic mass is 9.76. The van der Waals surface area contributed by atoms with Crippen LogP contribution in [0.5, 0.6) is 0 Å². The average molecular weight is 444 g/mol. The molecular formula is C26H37NO3S. The first-order valence-electron chi connectivity index (χ1n) is 11.8. The minimum Gasteiger partial charge on any atom is -0.477 e. The summed E-state index contributed by atoms with van der Waals surface area (Å²) in [5.74, 6) is 6.39. The number of thiophene rings is 1. The van der Waals surface area contributed by atoms with Gasteiger partial charge < -0.3 is 10.0 Å². The maximum atomic E-state index is 13.7. The van der Waals surface area contributed by atoms with Crippen molar-refractivity contribution in [2.45, 2.75) is 92.0 Å². The largest absolute Gasteiger partial charge is 0.477 e. The number of hydrogen-bond acceptors (Lipinski definition) is 3. The molecule has 0 spiro atoms. The molecule has 0 radical (unpaired) electrons. The fourth-order valence-electron chi connectivity index (χ4n) is 5.06.